The van der Waals surface area contributed by atoms with Crippen LogP contribution in [0.1, 0.15) is 15.9 Å². The number of carbonyl (C=O) groups is 1. The number of para-hydroxylation sites is 1. The Morgan fingerprint density at radius 1 is 1.10 bits per heavy atom. The summed E-state index contributed by atoms with van der Waals surface area (Å²) in [6.07, 6.45) is -4.59. The van der Waals surface area contributed by atoms with E-state index in [1.165, 1.54) is 24.3 Å². The molecule has 2 aromatic carbocycles. The van der Waals surface area contributed by atoms with E-state index in [4.69, 9.17) is 0 Å². The van der Waals surface area contributed by atoms with Gasteiger partial charge in [-0.2, -0.15) is 13.2 Å². The van der Waals surface area contributed by atoms with Crippen LogP contribution in [0.3, 0.4) is 0 Å². The fraction of sp³-hybridized carbons (Fsp3) is 0.0714. The zero-order valence-electron chi connectivity index (χ0n) is 10.3. The molecule has 0 unspecified atom stereocenters. The molecule has 0 aliphatic carbocycles. The Balaban J connectivity index is 2.31. The van der Waals surface area contributed by atoms with Gasteiger partial charge in [-0.25, -0.2) is 4.39 Å². The molecule has 0 aliphatic rings. The molecular formula is C14H8BrF4NO. The van der Waals surface area contributed by atoms with Gasteiger partial charge in [-0.05, 0) is 30.3 Å². The molecule has 110 valence electrons. The molecule has 0 fully saturated rings. The Morgan fingerprint density at radius 3 is 2.38 bits per heavy atom. The van der Waals surface area contributed by atoms with Crippen molar-refractivity contribution >= 4 is 27.5 Å². The van der Waals surface area contributed by atoms with E-state index in [1.54, 1.807) is 0 Å². The summed E-state index contributed by atoms with van der Waals surface area (Å²) >= 11 is 2.78. The van der Waals surface area contributed by atoms with Crippen LogP contribution < -0.4 is 5.32 Å². The maximum absolute atomic E-state index is 13.4. The summed E-state index contributed by atoms with van der Waals surface area (Å²) in [7, 11) is 0. The molecule has 0 radical (unpaired) electrons. The highest BCUT2D eigenvalue weighted by atomic mass is 79.9. The van der Waals surface area contributed by atoms with Gasteiger partial charge in [-0.1, -0.05) is 28.1 Å². The number of hydrogen-bond acceptors (Lipinski definition) is 1. The predicted octanol–water partition coefficient (Wildman–Crippen LogP) is 4.86. The third-order valence-electron chi connectivity index (χ3n) is 2.66. The Kier molecular flexibility index (Phi) is 4.32. The van der Waals surface area contributed by atoms with Crippen LogP contribution in [0.4, 0.5) is 23.2 Å². The molecule has 0 heterocycles. The molecule has 0 aromatic heterocycles. The van der Waals surface area contributed by atoms with E-state index >= 15 is 0 Å². The number of amides is 1. The van der Waals surface area contributed by atoms with E-state index in [0.717, 1.165) is 12.1 Å². The lowest BCUT2D eigenvalue weighted by Crippen LogP contribution is -2.15. The second-order valence-corrected chi connectivity index (χ2v) is 4.98. The number of nitrogens with one attached hydrogen (secondary N) is 1. The average molecular weight is 362 g/mol. The monoisotopic (exact) mass is 361 g/mol. The third kappa shape index (κ3) is 3.60. The number of halogens is 5. The maximum Gasteiger partial charge on any atom is 0.417 e. The lowest BCUT2D eigenvalue weighted by molar-refractivity contribution is -0.138. The molecule has 0 bridgehead atoms. The van der Waals surface area contributed by atoms with Crippen molar-refractivity contribution in [3.63, 3.8) is 0 Å². The van der Waals surface area contributed by atoms with Crippen molar-refractivity contribution in [1.29, 1.82) is 0 Å². The highest BCUT2D eigenvalue weighted by Crippen LogP contribution is 2.35. The van der Waals surface area contributed by atoms with Crippen molar-refractivity contribution in [1.82, 2.24) is 0 Å². The van der Waals surface area contributed by atoms with E-state index in [2.05, 4.69) is 21.2 Å². The topological polar surface area (TPSA) is 29.1 Å². The first-order valence-electron chi connectivity index (χ1n) is 5.71. The number of anilines is 1. The molecule has 0 spiro atoms. The summed E-state index contributed by atoms with van der Waals surface area (Å²) in [5.74, 6) is -1.49. The predicted molar refractivity (Wildman–Crippen MR) is 73.5 cm³/mol. The van der Waals surface area contributed by atoms with Gasteiger partial charge >= 0.3 is 6.18 Å². The van der Waals surface area contributed by atoms with Crippen LogP contribution >= 0.6 is 15.9 Å². The number of rotatable bonds is 2. The molecule has 7 heteroatoms. The SMILES string of the molecule is O=C(Nc1ccccc1F)c1ccc(Br)c(C(F)(F)F)c1. The van der Waals surface area contributed by atoms with Crippen LogP contribution in [0.5, 0.6) is 0 Å². The molecule has 2 rings (SSSR count). The van der Waals surface area contributed by atoms with E-state index in [9.17, 15) is 22.4 Å². The highest BCUT2D eigenvalue weighted by molar-refractivity contribution is 9.10. The van der Waals surface area contributed by atoms with Gasteiger partial charge in [-0.15, -0.1) is 0 Å². The Hall–Kier alpha value is -1.89. The van der Waals surface area contributed by atoms with Crippen molar-refractivity contribution in [2.75, 3.05) is 5.32 Å². The van der Waals surface area contributed by atoms with Gasteiger partial charge in [0.25, 0.3) is 5.91 Å². The van der Waals surface area contributed by atoms with Gasteiger partial charge < -0.3 is 5.32 Å². The summed E-state index contributed by atoms with van der Waals surface area (Å²) in [6, 6.07) is 8.44. The molecule has 1 amide bonds. The summed E-state index contributed by atoms with van der Waals surface area (Å²) in [4.78, 5) is 11.9. The summed E-state index contributed by atoms with van der Waals surface area (Å²) < 4.78 is 51.5. The van der Waals surface area contributed by atoms with Crippen LogP contribution in [-0.4, -0.2) is 5.91 Å². The lowest BCUT2D eigenvalue weighted by atomic mass is 10.1. The van der Waals surface area contributed by atoms with E-state index in [0.29, 0.717) is 6.07 Å². The first-order valence-corrected chi connectivity index (χ1v) is 6.51. The van der Waals surface area contributed by atoms with Crippen LogP contribution in [0, 0.1) is 5.82 Å². The number of hydrogen-bond donors (Lipinski definition) is 1. The number of alkyl halides is 3. The van der Waals surface area contributed by atoms with Crippen LogP contribution in [0.2, 0.25) is 0 Å². The molecule has 1 N–H and O–H groups in total. The number of carbonyl (C=O) groups excluding carboxylic acids is 1. The quantitative estimate of drug-likeness (QED) is 0.760. The Morgan fingerprint density at radius 2 is 1.76 bits per heavy atom. The normalized spacial score (nSPS) is 11.3. The smallest absolute Gasteiger partial charge is 0.319 e. The van der Waals surface area contributed by atoms with Gasteiger partial charge in [0.2, 0.25) is 0 Å². The third-order valence-corrected chi connectivity index (χ3v) is 3.35. The van der Waals surface area contributed by atoms with E-state index in [1.807, 2.05) is 0 Å². The zero-order valence-corrected chi connectivity index (χ0v) is 11.9. The fourth-order valence-electron chi connectivity index (χ4n) is 1.64. The fourth-order valence-corrected chi connectivity index (χ4v) is 2.11. The van der Waals surface area contributed by atoms with Crippen LogP contribution in [-0.2, 0) is 6.18 Å². The molecule has 0 aliphatic heterocycles. The molecule has 0 atom stereocenters. The molecule has 21 heavy (non-hydrogen) atoms. The second kappa shape index (κ2) is 5.85. The van der Waals surface area contributed by atoms with Gasteiger partial charge in [0, 0.05) is 10.0 Å². The molecule has 0 saturated carbocycles. The summed E-state index contributed by atoms with van der Waals surface area (Å²) in [5.41, 5.74) is -1.28. The molecule has 2 nitrogen and oxygen atoms in total. The largest absolute Gasteiger partial charge is 0.417 e. The van der Waals surface area contributed by atoms with Crippen molar-refractivity contribution in [3.8, 4) is 0 Å². The Labute approximate surface area is 125 Å². The first-order chi connectivity index (χ1) is 9.79. The summed E-state index contributed by atoms with van der Waals surface area (Å²) in [5, 5.41) is 2.23. The standard InChI is InChI=1S/C14H8BrF4NO/c15-10-6-5-8(7-9(10)14(17,18)19)13(21)20-12-4-2-1-3-11(12)16/h1-7H,(H,20,21). The van der Waals surface area contributed by atoms with E-state index in [-0.39, 0.29) is 15.7 Å². The second-order valence-electron chi connectivity index (χ2n) is 4.13. The molecular weight excluding hydrogens is 354 g/mol. The van der Waals surface area contributed by atoms with Crippen molar-refractivity contribution in [2.45, 2.75) is 6.18 Å². The average Bonchev–Trinajstić information content (AvgIpc) is 2.40. The van der Waals surface area contributed by atoms with Crippen molar-refractivity contribution < 1.29 is 22.4 Å². The molecule has 2 aromatic rings. The summed E-state index contributed by atoms with van der Waals surface area (Å²) in [6.45, 7) is 0. The van der Waals surface area contributed by atoms with Gasteiger partial charge in [0.15, 0.2) is 0 Å². The minimum atomic E-state index is -4.59. The molecule has 0 saturated heterocycles. The maximum atomic E-state index is 13.4. The zero-order chi connectivity index (χ0) is 15.6. The highest BCUT2D eigenvalue weighted by Gasteiger charge is 2.33. The first kappa shape index (κ1) is 15.5. The van der Waals surface area contributed by atoms with Crippen molar-refractivity contribution in [2.24, 2.45) is 0 Å². The Bertz CT molecular complexity index is 685. The van der Waals surface area contributed by atoms with Crippen LogP contribution in [0.25, 0.3) is 0 Å². The number of benzene rings is 2. The van der Waals surface area contributed by atoms with Gasteiger partial charge in [0.05, 0.1) is 11.3 Å². The van der Waals surface area contributed by atoms with Gasteiger partial charge in [-0.3, -0.25) is 4.79 Å². The lowest BCUT2D eigenvalue weighted by Gasteiger charge is -2.11. The van der Waals surface area contributed by atoms with Crippen LogP contribution in [0.15, 0.2) is 46.9 Å². The van der Waals surface area contributed by atoms with Crippen molar-refractivity contribution in [3.05, 3.63) is 63.9 Å². The minimum Gasteiger partial charge on any atom is -0.319 e. The van der Waals surface area contributed by atoms with E-state index < -0.39 is 23.5 Å². The van der Waals surface area contributed by atoms with Gasteiger partial charge in [0.1, 0.15) is 5.82 Å². The minimum absolute atomic E-state index is 0.0982.